The van der Waals surface area contributed by atoms with Crippen LogP contribution < -0.4 is 9.47 Å². The smallest absolute Gasteiger partial charge is 0.161 e. The molecule has 0 aliphatic rings. The van der Waals surface area contributed by atoms with E-state index in [1.54, 1.807) is 14.2 Å². The van der Waals surface area contributed by atoms with Crippen LogP contribution in [0.3, 0.4) is 0 Å². The molecule has 3 nitrogen and oxygen atoms in total. The summed E-state index contributed by atoms with van der Waals surface area (Å²) in [6, 6.07) is 22.1. The Hall–Kier alpha value is -3.04. The standard InChI is InChI=1S/C24H20ClNO2/c1-15-23(17-9-12-21(27-2)22(13-17)28-3)24(16-7-5-4-6-8-16)19-14-18(25)10-11-20(19)26-15/h4-14H,1-3H3. The second-order valence-electron chi connectivity index (χ2n) is 6.54. The van der Waals surface area contributed by atoms with E-state index in [2.05, 4.69) is 12.1 Å². The quantitative estimate of drug-likeness (QED) is 0.396. The van der Waals surface area contributed by atoms with E-state index in [9.17, 15) is 0 Å². The van der Waals surface area contributed by atoms with E-state index in [0.29, 0.717) is 16.5 Å². The highest BCUT2D eigenvalue weighted by molar-refractivity contribution is 6.31. The summed E-state index contributed by atoms with van der Waals surface area (Å²) in [4.78, 5) is 4.85. The van der Waals surface area contributed by atoms with Crippen molar-refractivity contribution in [1.29, 1.82) is 0 Å². The number of nitrogens with zero attached hydrogens (tertiary/aromatic N) is 1. The van der Waals surface area contributed by atoms with E-state index in [-0.39, 0.29) is 0 Å². The van der Waals surface area contributed by atoms with Crippen molar-refractivity contribution in [2.45, 2.75) is 6.92 Å². The number of aryl methyl sites for hydroxylation is 1. The van der Waals surface area contributed by atoms with Gasteiger partial charge >= 0.3 is 0 Å². The predicted molar refractivity (Wildman–Crippen MR) is 115 cm³/mol. The number of hydrogen-bond acceptors (Lipinski definition) is 3. The monoisotopic (exact) mass is 389 g/mol. The Bertz CT molecular complexity index is 1160. The van der Waals surface area contributed by atoms with Crippen molar-refractivity contribution in [3.8, 4) is 33.8 Å². The van der Waals surface area contributed by atoms with Crippen molar-refractivity contribution >= 4 is 22.5 Å². The number of methoxy groups -OCH3 is 2. The van der Waals surface area contributed by atoms with Gasteiger partial charge in [0.1, 0.15) is 0 Å². The summed E-state index contributed by atoms with van der Waals surface area (Å²) in [7, 11) is 3.28. The van der Waals surface area contributed by atoms with Crippen LogP contribution in [0.25, 0.3) is 33.2 Å². The molecule has 0 amide bonds. The van der Waals surface area contributed by atoms with Gasteiger partial charge in [-0.05, 0) is 48.4 Å². The lowest BCUT2D eigenvalue weighted by molar-refractivity contribution is 0.355. The largest absolute Gasteiger partial charge is 0.493 e. The van der Waals surface area contributed by atoms with Crippen molar-refractivity contribution in [1.82, 2.24) is 4.98 Å². The Balaban J connectivity index is 2.10. The molecular weight excluding hydrogens is 370 g/mol. The molecule has 0 aliphatic heterocycles. The molecule has 0 bridgehead atoms. The van der Waals surface area contributed by atoms with Gasteiger partial charge < -0.3 is 9.47 Å². The summed E-state index contributed by atoms with van der Waals surface area (Å²) in [5.74, 6) is 1.38. The van der Waals surface area contributed by atoms with Gasteiger partial charge in [-0.25, -0.2) is 0 Å². The number of rotatable bonds is 4. The zero-order valence-corrected chi connectivity index (χ0v) is 16.7. The van der Waals surface area contributed by atoms with Crippen LogP contribution in [-0.2, 0) is 0 Å². The summed E-state index contributed by atoms with van der Waals surface area (Å²) < 4.78 is 10.9. The van der Waals surface area contributed by atoms with Crippen LogP contribution in [0.5, 0.6) is 11.5 Å². The zero-order valence-electron chi connectivity index (χ0n) is 16.0. The lowest BCUT2D eigenvalue weighted by Gasteiger charge is -2.18. The molecule has 0 fully saturated rings. The molecule has 0 spiro atoms. The van der Waals surface area contributed by atoms with Gasteiger partial charge in [0.2, 0.25) is 0 Å². The van der Waals surface area contributed by atoms with Crippen LogP contribution in [0.1, 0.15) is 5.69 Å². The number of aromatic nitrogens is 1. The van der Waals surface area contributed by atoms with Gasteiger partial charge in [-0.1, -0.05) is 48.0 Å². The first-order valence-corrected chi connectivity index (χ1v) is 9.38. The first-order valence-electron chi connectivity index (χ1n) is 9.00. The summed E-state index contributed by atoms with van der Waals surface area (Å²) in [5.41, 5.74) is 6.17. The van der Waals surface area contributed by atoms with Gasteiger partial charge in [-0.3, -0.25) is 4.98 Å². The van der Waals surface area contributed by atoms with Gasteiger partial charge in [0.25, 0.3) is 0 Å². The van der Waals surface area contributed by atoms with Gasteiger partial charge in [-0.2, -0.15) is 0 Å². The highest BCUT2D eigenvalue weighted by Gasteiger charge is 2.18. The van der Waals surface area contributed by atoms with E-state index >= 15 is 0 Å². The molecule has 0 atom stereocenters. The molecule has 0 aliphatic carbocycles. The average Bonchev–Trinajstić information content (AvgIpc) is 2.73. The maximum Gasteiger partial charge on any atom is 0.161 e. The number of fused-ring (bicyclic) bond motifs is 1. The zero-order chi connectivity index (χ0) is 19.7. The fourth-order valence-corrected chi connectivity index (χ4v) is 3.78. The molecule has 0 saturated carbocycles. The fraction of sp³-hybridized carbons (Fsp3) is 0.125. The molecule has 4 heteroatoms. The van der Waals surface area contributed by atoms with Crippen LogP contribution in [0, 0.1) is 6.92 Å². The number of benzene rings is 3. The van der Waals surface area contributed by atoms with Gasteiger partial charge in [0.15, 0.2) is 11.5 Å². The second kappa shape index (κ2) is 7.53. The maximum absolute atomic E-state index is 6.34. The predicted octanol–water partition coefficient (Wildman–Crippen LogP) is 6.55. The Morgan fingerprint density at radius 1 is 0.750 bits per heavy atom. The Morgan fingerprint density at radius 2 is 1.50 bits per heavy atom. The summed E-state index contributed by atoms with van der Waals surface area (Å²) in [6.07, 6.45) is 0. The third kappa shape index (κ3) is 3.19. The minimum Gasteiger partial charge on any atom is -0.493 e. The average molecular weight is 390 g/mol. The number of ether oxygens (including phenoxy) is 2. The molecule has 0 N–H and O–H groups in total. The maximum atomic E-state index is 6.34. The molecule has 4 rings (SSSR count). The van der Waals surface area contributed by atoms with Crippen LogP contribution in [0.15, 0.2) is 66.7 Å². The number of hydrogen-bond donors (Lipinski definition) is 0. The van der Waals surface area contributed by atoms with Crippen molar-refractivity contribution in [3.05, 3.63) is 77.4 Å². The first kappa shape index (κ1) is 18.3. The van der Waals surface area contributed by atoms with Crippen LogP contribution in [0.2, 0.25) is 5.02 Å². The Labute approximate surface area is 169 Å². The highest BCUT2D eigenvalue weighted by atomic mass is 35.5. The Kier molecular flexibility index (Phi) is 4.93. The molecular formula is C24H20ClNO2. The number of halogens is 1. The molecule has 1 heterocycles. The molecule has 1 aromatic heterocycles. The highest BCUT2D eigenvalue weighted by Crippen LogP contribution is 2.42. The lowest BCUT2D eigenvalue weighted by Crippen LogP contribution is -1.97. The molecule has 0 unspecified atom stereocenters. The topological polar surface area (TPSA) is 31.4 Å². The molecule has 28 heavy (non-hydrogen) atoms. The van der Waals surface area contributed by atoms with Crippen molar-refractivity contribution in [2.75, 3.05) is 14.2 Å². The molecule has 4 aromatic rings. The van der Waals surface area contributed by atoms with Crippen LogP contribution in [-0.4, -0.2) is 19.2 Å². The third-order valence-electron chi connectivity index (χ3n) is 4.86. The lowest BCUT2D eigenvalue weighted by atomic mass is 9.90. The molecule has 3 aromatic carbocycles. The second-order valence-corrected chi connectivity index (χ2v) is 6.98. The van der Waals surface area contributed by atoms with E-state index in [4.69, 9.17) is 26.1 Å². The van der Waals surface area contributed by atoms with Crippen molar-refractivity contribution in [3.63, 3.8) is 0 Å². The Morgan fingerprint density at radius 3 is 2.21 bits per heavy atom. The molecule has 140 valence electrons. The fourth-order valence-electron chi connectivity index (χ4n) is 3.61. The van der Waals surface area contributed by atoms with Crippen molar-refractivity contribution < 1.29 is 9.47 Å². The van der Waals surface area contributed by atoms with E-state index < -0.39 is 0 Å². The van der Waals surface area contributed by atoms with E-state index in [0.717, 1.165) is 38.9 Å². The third-order valence-corrected chi connectivity index (χ3v) is 5.10. The first-order chi connectivity index (χ1) is 13.6. The van der Waals surface area contributed by atoms with Gasteiger partial charge in [0, 0.05) is 27.2 Å². The summed E-state index contributed by atoms with van der Waals surface area (Å²) in [6.45, 7) is 2.03. The molecule has 0 saturated heterocycles. The van der Waals surface area contributed by atoms with Gasteiger partial charge in [-0.15, -0.1) is 0 Å². The van der Waals surface area contributed by atoms with Crippen LogP contribution >= 0.6 is 11.6 Å². The summed E-state index contributed by atoms with van der Waals surface area (Å²) >= 11 is 6.34. The van der Waals surface area contributed by atoms with Crippen molar-refractivity contribution in [2.24, 2.45) is 0 Å². The SMILES string of the molecule is COc1ccc(-c2c(C)nc3ccc(Cl)cc3c2-c2ccccc2)cc1OC. The van der Waals surface area contributed by atoms with E-state index in [1.807, 2.05) is 61.5 Å². The normalized spacial score (nSPS) is 10.9. The minimum absolute atomic E-state index is 0.685. The van der Waals surface area contributed by atoms with E-state index in [1.165, 1.54) is 0 Å². The minimum atomic E-state index is 0.685. The van der Waals surface area contributed by atoms with Crippen LogP contribution in [0.4, 0.5) is 0 Å². The van der Waals surface area contributed by atoms with Gasteiger partial charge in [0.05, 0.1) is 19.7 Å². The summed E-state index contributed by atoms with van der Waals surface area (Å²) in [5, 5.41) is 1.71. The molecule has 0 radical (unpaired) electrons. The number of pyridine rings is 1.